The maximum atomic E-state index is 13.6. The number of allylic oxidation sites excluding steroid dienone is 1. The Morgan fingerprint density at radius 2 is 1.52 bits per heavy atom. The van der Waals surface area contributed by atoms with Crippen molar-refractivity contribution >= 4 is 23.8 Å². The number of nitrogens with zero attached hydrogens (tertiary/aromatic N) is 3. The molecule has 2 amide bonds. The van der Waals surface area contributed by atoms with Gasteiger partial charge in [0.15, 0.2) is 5.69 Å². The van der Waals surface area contributed by atoms with Crippen LogP contribution in [0.2, 0.25) is 0 Å². The van der Waals surface area contributed by atoms with Gasteiger partial charge in [0.1, 0.15) is 12.6 Å². The molecule has 0 radical (unpaired) electrons. The zero-order chi connectivity index (χ0) is 41.2. The lowest BCUT2D eigenvalue weighted by atomic mass is 9.32. The Morgan fingerprint density at radius 3 is 2.20 bits per heavy atom. The van der Waals surface area contributed by atoms with Crippen molar-refractivity contribution < 1.29 is 28.7 Å². The molecule has 5 fully saturated rings. The number of hydrogen-bond donors (Lipinski definition) is 1. The zero-order valence-electron chi connectivity index (χ0n) is 36.4. The van der Waals surface area contributed by atoms with Crippen LogP contribution in [0, 0.1) is 77.4 Å². The first-order valence-electron chi connectivity index (χ1n) is 21.4. The van der Waals surface area contributed by atoms with Crippen LogP contribution in [-0.2, 0) is 23.9 Å². The summed E-state index contributed by atoms with van der Waals surface area (Å²) in [7, 11) is 1.62. The molecule has 1 N–H and O–H groups in total. The highest BCUT2D eigenvalue weighted by molar-refractivity contribution is 5.88. The van der Waals surface area contributed by atoms with Crippen LogP contribution in [0.25, 0.3) is 0 Å². The fraction of sp³-hybridized carbons (Fsp3) is 0.783. The molecule has 0 spiro atoms. The van der Waals surface area contributed by atoms with Crippen molar-refractivity contribution in [2.45, 2.75) is 146 Å². The standard InChI is InChI=1S/C46H70N4O6/c1-27(2)32-15-21-46(26-55-41(54)40-30(5)48-28(3)29(4)49-40)23-22-44(10)33(39(32)46)13-14-35-43(9)19-17-36(42(7,8)34(43)16-20-45(35,44)11)56-38(53)25-50(12)37(52)18-24-47-31(6)51/h32-36,39H,1,13-26H2,2-12H3,(H,47,51)/t32-,33+,34-,35+,36-,39+,43-,44+,45+,46+/m0/s1. The molecule has 0 unspecified atom stereocenters. The Bertz CT molecular complexity index is 1760. The van der Waals surface area contributed by atoms with Gasteiger partial charge in [0.2, 0.25) is 11.8 Å². The summed E-state index contributed by atoms with van der Waals surface area (Å²) in [4.78, 5) is 61.3. The van der Waals surface area contributed by atoms with Crippen LogP contribution in [-0.4, -0.2) is 71.5 Å². The molecule has 1 heterocycles. The summed E-state index contributed by atoms with van der Waals surface area (Å²) in [5.41, 5.74) is 3.94. The average molecular weight is 775 g/mol. The number of rotatable bonds is 10. The fourth-order valence-electron chi connectivity index (χ4n) is 13.9. The minimum atomic E-state index is -0.368. The molecule has 5 saturated carbocycles. The molecular weight excluding hydrogens is 705 g/mol. The number of hydrogen-bond acceptors (Lipinski definition) is 8. The van der Waals surface area contributed by atoms with Crippen LogP contribution in [0.15, 0.2) is 12.2 Å². The molecule has 56 heavy (non-hydrogen) atoms. The molecule has 10 atom stereocenters. The molecule has 310 valence electrons. The number of likely N-dealkylation sites (N-methyl/N-ethyl adjacent to an activating group) is 1. The van der Waals surface area contributed by atoms with E-state index in [1.807, 2.05) is 20.8 Å². The van der Waals surface area contributed by atoms with Gasteiger partial charge in [-0.15, -0.1) is 0 Å². The molecule has 0 aliphatic heterocycles. The fourth-order valence-corrected chi connectivity index (χ4v) is 13.9. The second-order valence-electron chi connectivity index (χ2n) is 20.3. The number of nitrogens with one attached hydrogen (secondary N) is 1. The summed E-state index contributed by atoms with van der Waals surface area (Å²) in [6.07, 6.45) is 10.7. The highest BCUT2D eigenvalue weighted by Gasteiger charge is 2.71. The van der Waals surface area contributed by atoms with E-state index in [-0.39, 0.29) is 76.4 Å². The van der Waals surface area contributed by atoms with Gasteiger partial charge in [-0.1, -0.05) is 46.8 Å². The van der Waals surface area contributed by atoms with E-state index in [9.17, 15) is 19.2 Å². The highest BCUT2D eigenvalue weighted by Crippen LogP contribution is 2.77. The summed E-state index contributed by atoms with van der Waals surface area (Å²) in [6.45, 7) is 26.8. The molecule has 1 aromatic rings. The number of esters is 2. The van der Waals surface area contributed by atoms with Crippen LogP contribution in [0.1, 0.15) is 147 Å². The number of carbonyl (C=O) groups is 4. The number of ether oxygens (including phenoxy) is 2. The van der Waals surface area contributed by atoms with Crippen molar-refractivity contribution in [3.05, 3.63) is 34.9 Å². The van der Waals surface area contributed by atoms with Gasteiger partial charge in [-0.3, -0.25) is 19.4 Å². The van der Waals surface area contributed by atoms with Gasteiger partial charge in [-0.2, -0.15) is 0 Å². The van der Waals surface area contributed by atoms with Crippen molar-refractivity contribution in [3.63, 3.8) is 0 Å². The number of aryl methyl sites for hydroxylation is 3. The van der Waals surface area contributed by atoms with Crippen molar-refractivity contribution in [2.24, 2.45) is 56.7 Å². The predicted molar refractivity (Wildman–Crippen MR) is 216 cm³/mol. The maximum Gasteiger partial charge on any atom is 0.358 e. The normalized spacial score (nSPS) is 36.8. The van der Waals surface area contributed by atoms with Crippen LogP contribution in [0.4, 0.5) is 0 Å². The molecule has 0 bridgehead atoms. The first kappa shape index (κ1) is 42.3. The summed E-state index contributed by atoms with van der Waals surface area (Å²) >= 11 is 0. The van der Waals surface area contributed by atoms with E-state index < -0.39 is 0 Å². The molecule has 10 heteroatoms. The molecule has 1 aromatic heterocycles. The van der Waals surface area contributed by atoms with Gasteiger partial charge >= 0.3 is 11.9 Å². The van der Waals surface area contributed by atoms with Gasteiger partial charge in [0.25, 0.3) is 0 Å². The van der Waals surface area contributed by atoms with Crippen LogP contribution in [0.3, 0.4) is 0 Å². The first-order valence-corrected chi connectivity index (χ1v) is 21.4. The monoisotopic (exact) mass is 775 g/mol. The third-order valence-electron chi connectivity index (χ3n) is 17.1. The largest absolute Gasteiger partial charge is 0.460 e. The van der Waals surface area contributed by atoms with Crippen molar-refractivity contribution in [3.8, 4) is 0 Å². The predicted octanol–water partition coefficient (Wildman–Crippen LogP) is 8.11. The van der Waals surface area contributed by atoms with E-state index in [4.69, 9.17) is 9.47 Å². The van der Waals surface area contributed by atoms with Gasteiger partial charge in [-0.25, -0.2) is 9.78 Å². The van der Waals surface area contributed by atoms with E-state index in [1.165, 1.54) is 30.2 Å². The van der Waals surface area contributed by atoms with Gasteiger partial charge < -0.3 is 19.7 Å². The summed E-state index contributed by atoms with van der Waals surface area (Å²) in [6, 6.07) is 0. The number of fused-ring (bicyclic) bond motifs is 7. The second kappa shape index (κ2) is 15.1. The van der Waals surface area contributed by atoms with Crippen molar-refractivity contribution in [2.75, 3.05) is 26.7 Å². The Hall–Kier alpha value is -3.30. The molecule has 0 aromatic carbocycles. The van der Waals surface area contributed by atoms with Gasteiger partial charge in [-0.05, 0) is 138 Å². The van der Waals surface area contributed by atoms with E-state index >= 15 is 0 Å². The zero-order valence-corrected chi connectivity index (χ0v) is 36.4. The van der Waals surface area contributed by atoms with E-state index in [1.54, 1.807) is 7.05 Å². The lowest BCUT2D eigenvalue weighted by Gasteiger charge is -2.73. The summed E-state index contributed by atoms with van der Waals surface area (Å²) in [5.74, 6) is 1.22. The number of carbonyl (C=O) groups excluding carboxylic acids is 4. The molecule has 5 aliphatic carbocycles. The molecule has 5 aliphatic rings. The Balaban J connectivity index is 1.18. The van der Waals surface area contributed by atoms with Crippen LogP contribution >= 0.6 is 0 Å². The summed E-state index contributed by atoms with van der Waals surface area (Å²) in [5, 5.41) is 2.64. The van der Waals surface area contributed by atoms with Gasteiger partial charge in [0.05, 0.1) is 23.7 Å². The van der Waals surface area contributed by atoms with E-state index in [2.05, 4.69) is 63.4 Å². The van der Waals surface area contributed by atoms with Crippen molar-refractivity contribution in [1.82, 2.24) is 20.2 Å². The molecule has 0 saturated heterocycles. The Morgan fingerprint density at radius 1 is 0.821 bits per heavy atom. The minimum Gasteiger partial charge on any atom is -0.460 e. The summed E-state index contributed by atoms with van der Waals surface area (Å²) < 4.78 is 12.5. The van der Waals surface area contributed by atoms with E-state index in [0.29, 0.717) is 47.6 Å². The third kappa shape index (κ3) is 7.01. The Labute approximate surface area is 336 Å². The SMILES string of the molecule is C=C(C)[C@@H]1CC[C@]2(COC(=O)c3nc(C)c(C)nc3C)CC[C@]3(C)[C@H](CC[C@@H]4[C@@]5(C)CC[C@H](OC(=O)CN(C)C(=O)CCNC(C)=O)C(C)(C)[C@@H]5CC[C@]43C)[C@@H]12. The molecule has 10 nitrogen and oxygen atoms in total. The molecular formula is C46H70N4O6. The van der Waals surface area contributed by atoms with Crippen LogP contribution in [0.5, 0.6) is 0 Å². The lowest BCUT2D eigenvalue weighted by molar-refractivity contribution is -0.251. The smallest absolute Gasteiger partial charge is 0.358 e. The average Bonchev–Trinajstić information content (AvgIpc) is 3.50. The minimum absolute atomic E-state index is 0.0666. The van der Waals surface area contributed by atoms with Crippen LogP contribution < -0.4 is 5.32 Å². The third-order valence-corrected chi connectivity index (χ3v) is 17.1. The van der Waals surface area contributed by atoms with Gasteiger partial charge in [0, 0.05) is 37.8 Å². The highest BCUT2D eigenvalue weighted by atomic mass is 16.5. The topological polar surface area (TPSA) is 128 Å². The van der Waals surface area contributed by atoms with E-state index in [0.717, 1.165) is 62.8 Å². The lowest BCUT2D eigenvalue weighted by Crippen LogP contribution is -2.67. The maximum absolute atomic E-state index is 13.6. The second-order valence-corrected chi connectivity index (χ2v) is 20.3. The number of aromatic nitrogens is 2. The quantitative estimate of drug-likeness (QED) is 0.187. The molecule has 6 rings (SSSR count). The van der Waals surface area contributed by atoms with Crippen molar-refractivity contribution in [1.29, 1.82) is 0 Å². The first-order chi connectivity index (χ1) is 26.1. The Kier molecular flexibility index (Phi) is 11.4. The number of amides is 2.